The number of hydrogen-bond donors (Lipinski definition) is 1. The van der Waals surface area contributed by atoms with Crippen LogP contribution in [0.1, 0.15) is 21.5 Å². The first-order chi connectivity index (χ1) is 10.1. The molecule has 0 saturated heterocycles. The zero-order chi connectivity index (χ0) is 15.2. The van der Waals surface area contributed by atoms with Crippen molar-refractivity contribution in [2.24, 2.45) is 0 Å². The summed E-state index contributed by atoms with van der Waals surface area (Å²) >= 11 is 5.79. The van der Waals surface area contributed by atoms with Gasteiger partial charge in [-0.3, -0.25) is 4.79 Å². The molecule has 0 aliphatic heterocycles. The van der Waals surface area contributed by atoms with Crippen molar-refractivity contribution in [2.75, 3.05) is 19.4 Å². The molecule has 0 aromatic heterocycles. The van der Waals surface area contributed by atoms with Gasteiger partial charge in [0.25, 0.3) is 5.91 Å². The number of rotatable bonds is 5. The zero-order valence-corrected chi connectivity index (χ0v) is 13.0. The number of nitrogens with one attached hydrogen (secondary N) is 1. The number of benzene rings is 2. The highest BCUT2D eigenvalue weighted by Crippen LogP contribution is 2.13. The predicted molar refractivity (Wildman–Crippen MR) is 87.8 cm³/mol. The molecule has 0 saturated carbocycles. The molecule has 0 bridgehead atoms. The topological polar surface area (TPSA) is 32.3 Å². The quantitative estimate of drug-likeness (QED) is 0.853. The number of anilines is 1. The van der Waals surface area contributed by atoms with E-state index < -0.39 is 0 Å². The molecule has 2 aromatic rings. The number of halogens is 1. The summed E-state index contributed by atoms with van der Waals surface area (Å²) in [6.45, 7) is 0.881. The molecule has 0 radical (unpaired) electrons. The number of hydrogen-bond acceptors (Lipinski definition) is 2. The van der Waals surface area contributed by atoms with Crippen LogP contribution in [0.2, 0.25) is 0 Å². The SMILES string of the molecule is CN(C)Cc1ccc(NC(=O)c2cccc(CCl)c2)cc1. The molecule has 0 spiro atoms. The van der Waals surface area contributed by atoms with Crippen LogP contribution < -0.4 is 5.32 Å². The van der Waals surface area contributed by atoms with Gasteiger partial charge < -0.3 is 10.2 Å². The van der Waals surface area contributed by atoms with Crippen molar-refractivity contribution in [2.45, 2.75) is 12.4 Å². The first-order valence-electron chi connectivity index (χ1n) is 6.78. The van der Waals surface area contributed by atoms with E-state index in [1.807, 2.05) is 56.6 Å². The Morgan fingerprint density at radius 2 is 1.81 bits per heavy atom. The third-order valence-corrected chi connectivity index (χ3v) is 3.36. The molecule has 0 aliphatic rings. The van der Waals surface area contributed by atoms with Gasteiger partial charge >= 0.3 is 0 Å². The molecule has 0 unspecified atom stereocenters. The third kappa shape index (κ3) is 4.59. The van der Waals surface area contributed by atoms with Gasteiger partial charge in [0.2, 0.25) is 0 Å². The van der Waals surface area contributed by atoms with Crippen molar-refractivity contribution in [1.29, 1.82) is 0 Å². The van der Waals surface area contributed by atoms with Crippen molar-refractivity contribution in [3.63, 3.8) is 0 Å². The minimum atomic E-state index is -0.123. The summed E-state index contributed by atoms with van der Waals surface area (Å²) in [5, 5.41) is 2.89. The van der Waals surface area contributed by atoms with E-state index in [4.69, 9.17) is 11.6 Å². The van der Waals surface area contributed by atoms with Crippen LogP contribution in [0, 0.1) is 0 Å². The molecule has 1 amide bonds. The van der Waals surface area contributed by atoms with E-state index >= 15 is 0 Å². The van der Waals surface area contributed by atoms with Crippen LogP contribution in [0.15, 0.2) is 48.5 Å². The fourth-order valence-corrected chi connectivity index (χ4v) is 2.22. The Kier molecular flexibility index (Phi) is 5.37. The molecular formula is C17H19ClN2O. The number of amides is 1. The molecule has 3 nitrogen and oxygen atoms in total. The second-order valence-corrected chi connectivity index (χ2v) is 5.49. The fraction of sp³-hybridized carbons (Fsp3) is 0.235. The third-order valence-electron chi connectivity index (χ3n) is 3.05. The van der Waals surface area contributed by atoms with Gasteiger partial charge in [0.15, 0.2) is 0 Å². The molecule has 2 aromatic carbocycles. The van der Waals surface area contributed by atoms with Crippen molar-refractivity contribution >= 4 is 23.2 Å². The maximum atomic E-state index is 12.2. The molecule has 0 heterocycles. The molecule has 21 heavy (non-hydrogen) atoms. The maximum Gasteiger partial charge on any atom is 0.255 e. The van der Waals surface area contributed by atoms with Crippen molar-refractivity contribution in [3.05, 3.63) is 65.2 Å². The summed E-state index contributed by atoms with van der Waals surface area (Å²) in [6, 6.07) is 15.2. The van der Waals surface area contributed by atoms with E-state index in [1.165, 1.54) is 5.56 Å². The summed E-state index contributed by atoms with van der Waals surface area (Å²) in [5.41, 5.74) is 3.55. The highest BCUT2D eigenvalue weighted by atomic mass is 35.5. The number of alkyl halides is 1. The fourth-order valence-electron chi connectivity index (χ4n) is 2.06. The van der Waals surface area contributed by atoms with Crippen molar-refractivity contribution < 1.29 is 4.79 Å². The van der Waals surface area contributed by atoms with E-state index in [1.54, 1.807) is 6.07 Å². The number of carbonyl (C=O) groups excluding carboxylic acids is 1. The van der Waals surface area contributed by atoms with Crippen LogP contribution in [0.5, 0.6) is 0 Å². The first kappa shape index (κ1) is 15.5. The second-order valence-electron chi connectivity index (χ2n) is 5.22. The number of carbonyl (C=O) groups is 1. The maximum absolute atomic E-state index is 12.2. The summed E-state index contributed by atoms with van der Waals surface area (Å²) < 4.78 is 0. The average Bonchev–Trinajstić information content (AvgIpc) is 2.49. The van der Waals surface area contributed by atoms with Gasteiger partial charge in [-0.1, -0.05) is 24.3 Å². The lowest BCUT2D eigenvalue weighted by Gasteiger charge is -2.11. The Balaban J connectivity index is 2.05. The molecule has 1 N–H and O–H groups in total. The Hall–Kier alpha value is -1.84. The Morgan fingerprint density at radius 1 is 1.10 bits per heavy atom. The molecule has 2 rings (SSSR count). The van der Waals surface area contributed by atoms with E-state index in [0.717, 1.165) is 17.8 Å². The molecule has 0 fully saturated rings. The van der Waals surface area contributed by atoms with Crippen LogP contribution >= 0.6 is 11.6 Å². The highest BCUT2D eigenvalue weighted by Gasteiger charge is 2.06. The molecule has 4 heteroatoms. The average molecular weight is 303 g/mol. The van der Waals surface area contributed by atoms with Crippen LogP contribution in [0.3, 0.4) is 0 Å². The summed E-state index contributed by atoms with van der Waals surface area (Å²) in [6.07, 6.45) is 0. The van der Waals surface area contributed by atoms with Gasteiger partial charge in [0.1, 0.15) is 0 Å². The van der Waals surface area contributed by atoms with Crippen LogP contribution in [-0.2, 0) is 12.4 Å². The van der Waals surface area contributed by atoms with E-state index in [0.29, 0.717) is 11.4 Å². The molecular weight excluding hydrogens is 284 g/mol. The minimum Gasteiger partial charge on any atom is -0.322 e. The predicted octanol–water partition coefficient (Wildman–Crippen LogP) is 3.74. The lowest BCUT2D eigenvalue weighted by molar-refractivity contribution is 0.102. The lowest BCUT2D eigenvalue weighted by Crippen LogP contribution is -2.13. The summed E-state index contributed by atoms with van der Waals surface area (Å²) in [7, 11) is 4.05. The van der Waals surface area contributed by atoms with Crippen LogP contribution in [0.25, 0.3) is 0 Å². The van der Waals surface area contributed by atoms with Gasteiger partial charge in [0.05, 0.1) is 0 Å². The zero-order valence-electron chi connectivity index (χ0n) is 12.3. The van der Waals surface area contributed by atoms with E-state index in [-0.39, 0.29) is 5.91 Å². The standard InChI is InChI=1S/C17H19ClN2O/c1-20(2)12-13-6-8-16(9-7-13)19-17(21)15-5-3-4-14(10-15)11-18/h3-10H,11-12H2,1-2H3,(H,19,21). The second kappa shape index (κ2) is 7.25. The Labute approximate surface area is 130 Å². The highest BCUT2D eigenvalue weighted by molar-refractivity contribution is 6.17. The van der Waals surface area contributed by atoms with Crippen LogP contribution in [0.4, 0.5) is 5.69 Å². The molecule has 0 atom stereocenters. The Morgan fingerprint density at radius 3 is 2.43 bits per heavy atom. The normalized spacial score (nSPS) is 10.7. The Bertz CT molecular complexity index is 608. The van der Waals surface area contributed by atoms with E-state index in [2.05, 4.69) is 10.2 Å². The van der Waals surface area contributed by atoms with Gasteiger partial charge in [0, 0.05) is 23.7 Å². The van der Waals surface area contributed by atoms with Crippen molar-refractivity contribution in [3.8, 4) is 0 Å². The largest absolute Gasteiger partial charge is 0.322 e. The summed E-state index contributed by atoms with van der Waals surface area (Å²) in [4.78, 5) is 14.3. The van der Waals surface area contributed by atoms with Gasteiger partial charge in [-0.05, 0) is 49.5 Å². The minimum absolute atomic E-state index is 0.123. The number of nitrogens with zero attached hydrogens (tertiary/aromatic N) is 1. The van der Waals surface area contributed by atoms with E-state index in [9.17, 15) is 4.79 Å². The smallest absolute Gasteiger partial charge is 0.255 e. The van der Waals surface area contributed by atoms with Gasteiger partial charge in [-0.2, -0.15) is 0 Å². The van der Waals surface area contributed by atoms with Crippen molar-refractivity contribution in [1.82, 2.24) is 4.90 Å². The first-order valence-corrected chi connectivity index (χ1v) is 7.32. The van der Waals surface area contributed by atoms with Crippen LogP contribution in [-0.4, -0.2) is 24.9 Å². The monoisotopic (exact) mass is 302 g/mol. The molecule has 110 valence electrons. The van der Waals surface area contributed by atoms with Gasteiger partial charge in [-0.25, -0.2) is 0 Å². The lowest BCUT2D eigenvalue weighted by atomic mass is 10.1. The van der Waals surface area contributed by atoms with Gasteiger partial charge in [-0.15, -0.1) is 11.6 Å². The summed E-state index contributed by atoms with van der Waals surface area (Å²) in [5.74, 6) is 0.280. The molecule has 0 aliphatic carbocycles.